The largest absolute Gasteiger partial charge is 0.320 e. The van der Waals surface area contributed by atoms with E-state index in [1.165, 1.54) is 23.5 Å². The van der Waals surface area contributed by atoms with Gasteiger partial charge in [-0.1, -0.05) is 0 Å². The fraction of sp³-hybridized carbons (Fsp3) is 0.0909. The number of halogens is 3. The van der Waals surface area contributed by atoms with Gasteiger partial charge < -0.3 is 5.73 Å². The summed E-state index contributed by atoms with van der Waals surface area (Å²) in [5, 5.41) is 3.74. The van der Waals surface area contributed by atoms with Gasteiger partial charge in [-0.15, -0.1) is 0 Å². The molecule has 0 aliphatic carbocycles. The molecule has 0 aliphatic rings. The molecular formula is C11H8BrF2NS. The maximum Gasteiger partial charge on any atom is 0.126 e. The quantitative estimate of drug-likeness (QED) is 0.896. The predicted octanol–water partition coefficient (Wildman–Crippen LogP) is 3.84. The van der Waals surface area contributed by atoms with Gasteiger partial charge in [-0.25, -0.2) is 8.78 Å². The summed E-state index contributed by atoms with van der Waals surface area (Å²) < 4.78 is 26.9. The second-order valence-corrected chi connectivity index (χ2v) is 4.95. The van der Waals surface area contributed by atoms with Gasteiger partial charge in [0.2, 0.25) is 0 Å². The molecule has 0 amide bonds. The Hall–Kier alpha value is -0.780. The van der Waals surface area contributed by atoms with Crippen LogP contribution in [-0.2, 0) is 0 Å². The standard InChI is InChI=1S/C11H8BrF2NS/c12-10-5-16-4-9(10)11(15)6-1-7(13)3-8(14)2-6/h1-5,11H,15H2. The third-order valence-electron chi connectivity index (χ3n) is 2.22. The Labute approximate surface area is 104 Å². The van der Waals surface area contributed by atoms with Gasteiger partial charge >= 0.3 is 0 Å². The SMILES string of the molecule is NC(c1cc(F)cc(F)c1)c1cscc1Br. The maximum atomic E-state index is 13.0. The smallest absolute Gasteiger partial charge is 0.126 e. The molecule has 2 N–H and O–H groups in total. The van der Waals surface area contributed by atoms with E-state index in [4.69, 9.17) is 5.73 Å². The van der Waals surface area contributed by atoms with Gasteiger partial charge in [0, 0.05) is 15.9 Å². The van der Waals surface area contributed by atoms with Gasteiger partial charge in [0.05, 0.1) is 6.04 Å². The zero-order chi connectivity index (χ0) is 11.7. The van der Waals surface area contributed by atoms with E-state index >= 15 is 0 Å². The van der Waals surface area contributed by atoms with Crippen LogP contribution in [0.25, 0.3) is 0 Å². The van der Waals surface area contributed by atoms with Crippen LogP contribution in [0.4, 0.5) is 8.78 Å². The van der Waals surface area contributed by atoms with Crippen LogP contribution in [0.3, 0.4) is 0 Å². The van der Waals surface area contributed by atoms with Crippen molar-refractivity contribution in [2.75, 3.05) is 0 Å². The lowest BCUT2D eigenvalue weighted by atomic mass is 10.0. The first kappa shape index (κ1) is 11.7. The lowest BCUT2D eigenvalue weighted by molar-refractivity contribution is 0.577. The Bertz CT molecular complexity index is 492. The van der Waals surface area contributed by atoms with Crippen LogP contribution in [-0.4, -0.2) is 0 Å². The highest BCUT2D eigenvalue weighted by molar-refractivity contribution is 9.10. The molecule has 0 saturated carbocycles. The summed E-state index contributed by atoms with van der Waals surface area (Å²) >= 11 is 4.83. The first-order chi connectivity index (χ1) is 7.58. The number of hydrogen-bond acceptors (Lipinski definition) is 2. The zero-order valence-electron chi connectivity index (χ0n) is 8.08. The summed E-state index contributed by atoms with van der Waals surface area (Å²) in [6.07, 6.45) is 0. The van der Waals surface area contributed by atoms with Crippen LogP contribution in [0.2, 0.25) is 0 Å². The number of rotatable bonds is 2. The Morgan fingerprint density at radius 2 is 1.75 bits per heavy atom. The van der Waals surface area contributed by atoms with Crippen molar-refractivity contribution in [1.29, 1.82) is 0 Å². The monoisotopic (exact) mass is 303 g/mol. The first-order valence-corrected chi connectivity index (χ1v) is 6.24. The highest BCUT2D eigenvalue weighted by atomic mass is 79.9. The van der Waals surface area contributed by atoms with E-state index in [9.17, 15) is 8.78 Å². The van der Waals surface area contributed by atoms with E-state index in [1.807, 2.05) is 10.8 Å². The van der Waals surface area contributed by atoms with Gasteiger partial charge in [0.25, 0.3) is 0 Å². The van der Waals surface area contributed by atoms with Crippen molar-refractivity contribution in [3.05, 3.63) is 56.2 Å². The highest BCUT2D eigenvalue weighted by Gasteiger charge is 2.14. The van der Waals surface area contributed by atoms with Crippen LogP contribution in [0.5, 0.6) is 0 Å². The van der Waals surface area contributed by atoms with Crippen LogP contribution < -0.4 is 5.73 Å². The fourth-order valence-electron chi connectivity index (χ4n) is 1.45. The van der Waals surface area contributed by atoms with E-state index in [0.29, 0.717) is 5.56 Å². The molecule has 1 aromatic carbocycles. The molecule has 2 rings (SSSR count). The third kappa shape index (κ3) is 2.31. The van der Waals surface area contributed by atoms with Crippen molar-refractivity contribution < 1.29 is 8.78 Å². The van der Waals surface area contributed by atoms with Crippen molar-refractivity contribution >= 4 is 27.3 Å². The summed E-state index contributed by atoms with van der Waals surface area (Å²) in [6.45, 7) is 0. The number of thiophene rings is 1. The molecule has 5 heteroatoms. The molecule has 0 fully saturated rings. The topological polar surface area (TPSA) is 26.0 Å². The number of benzene rings is 1. The minimum Gasteiger partial charge on any atom is -0.320 e. The summed E-state index contributed by atoms with van der Waals surface area (Å²) in [6, 6.07) is 2.81. The van der Waals surface area contributed by atoms with E-state index in [0.717, 1.165) is 16.1 Å². The molecule has 84 valence electrons. The second kappa shape index (κ2) is 4.61. The molecular weight excluding hydrogens is 296 g/mol. The van der Waals surface area contributed by atoms with E-state index in [1.54, 1.807) is 0 Å². The molecule has 0 spiro atoms. The van der Waals surface area contributed by atoms with Crippen LogP contribution in [0.15, 0.2) is 33.4 Å². The lowest BCUT2D eigenvalue weighted by Gasteiger charge is -2.11. The minimum absolute atomic E-state index is 0.427. The zero-order valence-corrected chi connectivity index (χ0v) is 10.5. The summed E-state index contributed by atoms with van der Waals surface area (Å²) in [4.78, 5) is 0. The van der Waals surface area contributed by atoms with E-state index < -0.39 is 17.7 Å². The highest BCUT2D eigenvalue weighted by Crippen LogP contribution is 2.30. The second-order valence-electron chi connectivity index (χ2n) is 3.36. The average Bonchev–Trinajstić information content (AvgIpc) is 2.62. The minimum atomic E-state index is -0.614. The molecule has 1 nitrogen and oxygen atoms in total. The van der Waals surface area contributed by atoms with Crippen LogP contribution in [0.1, 0.15) is 17.2 Å². The van der Waals surface area contributed by atoms with Gasteiger partial charge in [-0.05, 0) is 44.6 Å². The normalized spacial score (nSPS) is 12.8. The molecule has 1 atom stereocenters. The van der Waals surface area contributed by atoms with Gasteiger partial charge in [-0.3, -0.25) is 0 Å². The maximum absolute atomic E-state index is 13.0. The van der Waals surface area contributed by atoms with E-state index in [-0.39, 0.29) is 0 Å². The number of hydrogen-bond donors (Lipinski definition) is 1. The van der Waals surface area contributed by atoms with Gasteiger partial charge in [0.15, 0.2) is 0 Å². The Kier molecular flexibility index (Phi) is 3.37. The third-order valence-corrected chi connectivity index (χ3v) is 3.97. The molecule has 1 aromatic heterocycles. The Morgan fingerprint density at radius 3 is 2.25 bits per heavy atom. The van der Waals surface area contributed by atoms with Crippen LogP contribution in [0, 0.1) is 11.6 Å². The van der Waals surface area contributed by atoms with Gasteiger partial charge in [0.1, 0.15) is 11.6 Å². The molecule has 0 radical (unpaired) electrons. The van der Waals surface area contributed by atoms with Crippen molar-refractivity contribution in [1.82, 2.24) is 0 Å². The Balaban J connectivity index is 2.41. The van der Waals surface area contributed by atoms with Crippen LogP contribution >= 0.6 is 27.3 Å². The van der Waals surface area contributed by atoms with Crippen molar-refractivity contribution in [3.8, 4) is 0 Å². The van der Waals surface area contributed by atoms with Crippen molar-refractivity contribution in [2.24, 2.45) is 5.73 Å². The summed E-state index contributed by atoms with van der Waals surface area (Å²) in [5.74, 6) is -1.23. The summed E-state index contributed by atoms with van der Waals surface area (Å²) in [7, 11) is 0. The lowest BCUT2D eigenvalue weighted by Crippen LogP contribution is -2.12. The molecule has 1 heterocycles. The van der Waals surface area contributed by atoms with Crippen molar-refractivity contribution in [2.45, 2.75) is 6.04 Å². The van der Waals surface area contributed by atoms with Gasteiger partial charge in [-0.2, -0.15) is 11.3 Å². The molecule has 0 bridgehead atoms. The molecule has 0 aliphatic heterocycles. The number of nitrogens with two attached hydrogens (primary N) is 1. The molecule has 1 unspecified atom stereocenters. The summed E-state index contributed by atoms with van der Waals surface area (Å²) in [5.41, 5.74) is 7.20. The molecule has 16 heavy (non-hydrogen) atoms. The molecule has 2 aromatic rings. The van der Waals surface area contributed by atoms with E-state index in [2.05, 4.69) is 15.9 Å². The van der Waals surface area contributed by atoms with Crippen molar-refractivity contribution in [3.63, 3.8) is 0 Å². The Morgan fingerprint density at radius 1 is 1.12 bits per heavy atom. The predicted molar refractivity (Wildman–Crippen MR) is 64.4 cm³/mol. The first-order valence-electron chi connectivity index (χ1n) is 4.51. The molecule has 0 saturated heterocycles. The average molecular weight is 304 g/mol. The fourth-order valence-corrected chi connectivity index (χ4v) is 3.03.